The maximum Gasteiger partial charge on any atom is 0.313 e. The van der Waals surface area contributed by atoms with Gasteiger partial charge >= 0.3 is 5.97 Å². The van der Waals surface area contributed by atoms with Crippen LogP contribution in [-0.2, 0) is 28.8 Å². The van der Waals surface area contributed by atoms with Crippen LogP contribution >= 0.6 is 0 Å². The van der Waals surface area contributed by atoms with Gasteiger partial charge in [-0.05, 0) is 34.6 Å². The lowest BCUT2D eigenvalue weighted by atomic mass is 10.2. The largest absolute Gasteiger partial charge is 0.329 e. The predicted octanol–water partition coefficient (Wildman–Crippen LogP) is 1.77. The monoisotopic (exact) mass is 315 g/mol. The zero-order valence-electron chi connectivity index (χ0n) is 14.3. The second-order valence-electron chi connectivity index (χ2n) is 6.13. The lowest BCUT2D eigenvalue weighted by Crippen LogP contribution is -2.44. The van der Waals surface area contributed by atoms with E-state index in [1.807, 2.05) is 20.8 Å². The highest BCUT2D eigenvalue weighted by molar-refractivity contribution is 6.18. The van der Waals surface area contributed by atoms with Crippen molar-refractivity contribution in [3.63, 3.8) is 0 Å². The highest BCUT2D eigenvalue weighted by atomic mass is 17.3. The SMILES string of the molecule is COC(CCN1C(=O)C(C)=C(C)C1=O)(OC)OOC(C)(C)C. The van der Waals surface area contributed by atoms with Crippen LogP contribution in [0.25, 0.3) is 0 Å². The molecule has 126 valence electrons. The second-order valence-corrected chi connectivity index (χ2v) is 6.13. The van der Waals surface area contributed by atoms with Gasteiger partial charge in [0, 0.05) is 31.9 Å². The Bertz CT molecular complexity index is 449. The molecule has 0 aromatic carbocycles. The molecule has 0 saturated heterocycles. The number of hydrogen-bond acceptors (Lipinski definition) is 6. The normalized spacial score (nSPS) is 17.0. The Balaban J connectivity index is 2.74. The first kappa shape index (κ1) is 18.8. The van der Waals surface area contributed by atoms with Crippen LogP contribution in [0.3, 0.4) is 0 Å². The molecule has 0 spiro atoms. The van der Waals surface area contributed by atoms with E-state index in [0.29, 0.717) is 11.1 Å². The molecule has 1 rings (SSSR count). The molecular formula is C15H25NO6. The van der Waals surface area contributed by atoms with Crippen molar-refractivity contribution in [3.05, 3.63) is 11.1 Å². The molecule has 0 aromatic rings. The topological polar surface area (TPSA) is 74.3 Å². The molecule has 0 saturated carbocycles. The molecule has 7 heteroatoms. The lowest BCUT2D eigenvalue weighted by Gasteiger charge is -2.32. The highest BCUT2D eigenvalue weighted by Crippen LogP contribution is 2.25. The van der Waals surface area contributed by atoms with Crippen LogP contribution in [0.4, 0.5) is 0 Å². The maximum atomic E-state index is 12.0. The zero-order valence-corrected chi connectivity index (χ0v) is 14.3. The number of imide groups is 1. The average Bonchev–Trinajstić information content (AvgIpc) is 2.64. The van der Waals surface area contributed by atoms with Gasteiger partial charge in [-0.15, -0.1) is 0 Å². The first-order chi connectivity index (χ1) is 10.1. The fraction of sp³-hybridized carbons (Fsp3) is 0.733. The molecule has 0 unspecified atom stereocenters. The van der Waals surface area contributed by atoms with Gasteiger partial charge in [0.1, 0.15) is 0 Å². The maximum absolute atomic E-state index is 12.0. The molecule has 1 heterocycles. The molecule has 0 atom stereocenters. The van der Waals surface area contributed by atoms with E-state index in [-0.39, 0.29) is 24.8 Å². The van der Waals surface area contributed by atoms with Gasteiger partial charge in [0.15, 0.2) is 0 Å². The summed E-state index contributed by atoms with van der Waals surface area (Å²) in [6.07, 6.45) is 0.119. The summed E-state index contributed by atoms with van der Waals surface area (Å²) in [5, 5.41) is 0. The molecule has 7 nitrogen and oxygen atoms in total. The Morgan fingerprint density at radius 1 is 0.909 bits per heavy atom. The minimum Gasteiger partial charge on any atom is -0.329 e. The standard InChI is InChI=1S/C15H25NO6/c1-10-11(2)13(18)16(12(10)17)9-8-15(19-6,20-7)22-21-14(3,4)5/h8-9H2,1-7H3. The summed E-state index contributed by atoms with van der Waals surface area (Å²) in [5.74, 6) is -2.10. The van der Waals surface area contributed by atoms with E-state index in [9.17, 15) is 9.59 Å². The Labute approximate surface area is 131 Å². The molecular weight excluding hydrogens is 290 g/mol. The smallest absolute Gasteiger partial charge is 0.313 e. The summed E-state index contributed by atoms with van der Waals surface area (Å²) < 4.78 is 10.5. The van der Waals surface area contributed by atoms with Gasteiger partial charge < -0.3 is 9.47 Å². The summed E-state index contributed by atoms with van der Waals surface area (Å²) in [6, 6.07) is 0. The Morgan fingerprint density at radius 2 is 1.36 bits per heavy atom. The number of nitrogens with zero attached hydrogens (tertiary/aromatic N) is 1. The number of rotatable bonds is 7. The molecule has 0 aliphatic carbocycles. The van der Waals surface area contributed by atoms with Crippen LogP contribution in [0.15, 0.2) is 11.1 Å². The fourth-order valence-corrected chi connectivity index (χ4v) is 1.86. The number of methoxy groups -OCH3 is 2. The number of amides is 2. The van der Waals surface area contributed by atoms with Crippen LogP contribution in [0.2, 0.25) is 0 Å². The molecule has 2 amide bonds. The van der Waals surface area contributed by atoms with Gasteiger partial charge in [0.05, 0.1) is 12.0 Å². The highest BCUT2D eigenvalue weighted by Gasteiger charge is 2.39. The van der Waals surface area contributed by atoms with Crippen LogP contribution in [-0.4, -0.2) is 49.1 Å². The molecule has 0 bridgehead atoms. The van der Waals surface area contributed by atoms with Crippen molar-refractivity contribution >= 4 is 11.8 Å². The summed E-state index contributed by atoms with van der Waals surface area (Å²) in [5.41, 5.74) is 0.352. The summed E-state index contributed by atoms with van der Waals surface area (Å²) in [4.78, 5) is 35.7. The van der Waals surface area contributed by atoms with Crippen molar-refractivity contribution in [2.45, 2.75) is 52.6 Å². The van der Waals surface area contributed by atoms with Crippen molar-refractivity contribution in [3.8, 4) is 0 Å². The van der Waals surface area contributed by atoms with E-state index in [0.717, 1.165) is 4.90 Å². The first-order valence-electron chi connectivity index (χ1n) is 7.07. The number of hydrogen-bond donors (Lipinski definition) is 0. The zero-order chi connectivity index (χ0) is 17.1. The van der Waals surface area contributed by atoms with Gasteiger partial charge in [-0.3, -0.25) is 14.5 Å². The average molecular weight is 315 g/mol. The Hall–Kier alpha value is -1.28. The summed E-state index contributed by atoms with van der Waals surface area (Å²) >= 11 is 0. The van der Waals surface area contributed by atoms with Crippen LogP contribution in [0.1, 0.15) is 41.0 Å². The van der Waals surface area contributed by atoms with Gasteiger partial charge in [-0.25, -0.2) is 4.89 Å². The minimum absolute atomic E-state index is 0.0987. The quantitative estimate of drug-likeness (QED) is 0.308. The van der Waals surface area contributed by atoms with Crippen LogP contribution in [0, 0.1) is 0 Å². The number of ether oxygens (including phenoxy) is 2. The van der Waals surface area contributed by atoms with E-state index in [1.54, 1.807) is 13.8 Å². The van der Waals surface area contributed by atoms with Gasteiger partial charge in [-0.1, -0.05) is 0 Å². The Kier molecular flexibility index (Phi) is 5.86. The Morgan fingerprint density at radius 3 is 1.73 bits per heavy atom. The first-order valence-corrected chi connectivity index (χ1v) is 7.07. The van der Waals surface area contributed by atoms with E-state index in [4.69, 9.17) is 19.2 Å². The van der Waals surface area contributed by atoms with Crippen molar-refractivity contribution in [2.24, 2.45) is 0 Å². The predicted molar refractivity (Wildman–Crippen MR) is 78.4 cm³/mol. The van der Waals surface area contributed by atoms with E-state index < -0.39 is 11.6 Å². The minimum atomic E-state index is -1.49. The lowest BCUT2D eigenvalue weighted by molar-refractivity contribution is -0.520. The third-order valence-electron chi connectivity index (χ3n) is 3.38. The van der Waals surface area contributed by atoms with Crippen LogP contribution in [0.5, 0.6) is 0 Å². The molecule has 0 fully saturated rings. The second kappa shape index (κ2) is 6.87. The van der Waals surface area contributed by atoms with Crippen molar-refractivity contribution < 1.29 is 28.8 Å². The van der Waals surface area contributed by atoms with Crippen molar-refractivity contribution in [1.29, 1.82) is 0 Å². The van der Waals surface area contributed by atoms with E-state index in [1.165, 1.54) is 14.2 Å². The molecule has 0 aromatic heterocycles. The van der Waals surface area contributed by atoms with Gasteiger partial charge in [0.25, 0.3) is 11.8 Å². The molecule has 0 radical (unpaired) electrons. The number of carbonyl (C=O) groups is 2. The van der Waals surface area contributed by atoms with Crippen molar-refractivity contribution in [1.82, 2.24) is 4.90 Å². The fourth-order valence-electron chi connectivity index (χ4n) is 1.86. The molecule has 1 aliphatic heterocycles. The van der Waals surface area contributed by atoms with Gasteiger partial charge in [0.2, 0.25) is 0 Å². The van der Waals surface area contributed by atoms with Gasteiger partial charge in [-0.2, -0.15) is 4.89 Å². The molecule has 1 aliphatic rings. The molecule has 22 heavy (non-hydrogen) atoms. The summed E-state index contributed by atoms with van der Waals surface area (Å²) in [7, 11) is 2.80. The summed E-state index contributed by atoms with van der Waals surface area (Å²) in [6.45, 7) is 8.80. The third-order valence-corrected chi connectivity index (χ3v) is 3.38. The van der Waals surface area contributed by atoms with Crippen LogP contribution < -0.4 is 0 Å². The van der Waals surface area contributed by atoms with E-state index in [2.05, 4.69) is 0 Å². The van der Waals surface area contributed by atoms with Crippen molar-refractivity contribution in [2.75, 3.05) is 20.8 Å². The van der Waals surface area contributed by atoms with E-state index >= 15 is 0 Å². The third kappa shape index (κ3) is 4.13. The number of carbonyl (C=O) groups excluding carboxylic acids is 2. The molecule has 0 N–H and O–H groups in total.